The highest BCUT2D eigenvalue weighted by atomic mass is 35.5. The average Bonchev–Trinajstić information content (AvgIpc) is 2.37. The summed E-state index contributed by atoms with van der Waals surface area (Å²) >= 11 is 6.16. The highest BCUT2D eigenvalue weighted by Gasteiger charge is 2.20. The van der Waals surface area contributed by atoms with Crippen molar-refractivity contribution in [1.82, 2.24) is 4.98 Å². The largest absolute Gasteiger partial charge is 0.496 e. The van der Waals surface area contributed by atoms with Crippen LogP contribution in [0.15, 0.2) is 30.5 Å². The monoisotopic (exact) mass is 276 g/mol. The lowest BCUT2D eigenvalue weighted by Gasteiger charge is -2.19. The molecule has 0 spiro atoms. The molecule has 0 aliphatic rings. The van der Waals surface area contributed by atoms with Gasteiger partial charge in [-0.2, -0.15) is 0 Å². The molecule has 3 nitrogen and oxygen atoms in total. The molecule has 1 aromatic heterocycles. The van der Waals surface area contributed by atoms with Gasteiger partial charge in [-0.1, -0.05) is 17.7 Å². The van der Waals surface area contributed by atoms with Crippen LogP contribution in [0.3, 0.4) is 0 Å². The zero-order chi connectivity index (χ0) is 14.0. The molecule has 0 saturated heterocycles. The van der Waals surface area contributed by atoms with Crippen LogP contribution in [0.1, 0.15) is 28.4 Å². The van der Waals surface area contributed by atoms with Crippen molar-refractivity contribution in [2.45, 2.75) is 19.9 Å². The van der Waals surface area contributed by atoms with Crippen molar-refractivity contribution in [2.24, 2.45) is 5.73 Å². The quantitative estimate of drug-likeness (QED) is 0.935. The Kier molecular flexibility index (Phi) is 4.08. The zero-order valence-corrected chi connectivity index (χ0v) is 12.0. The number of hydrogen-bond acceptors (Lipinski definition) is 3. The summed E-state index contributed by atoms with van der Waals surface area (Å²) in [6, 6.07) is 7.23. The standard InChI is InChI=1S/C15H17ClN2O/c1-9-7-10(2)13(12(8-9)19-3)14(17)15-11(16)5-4-6-18-15/h4-8,14H,17H2,1-3H3. The molecule has 0 amide bonds. The van der Waals surface area contributed by atoms with E-state index in [9.17, 15) is 0 Å². The zero-order valence-electron chi connectivity index (χ0n) is 11.3. The van der Waals surface area contributed by atoms with Crippen LogP contribution >= 0.6 is 11.6 Å². The van der Waals surface area contributed by atoms with Crippen LogP contribution in [0.2, 0.25) is 5.02 Å². The fourth-order valence-corrected chi connectivity index (χ4v) is 2.51. The second kappa shape index (κ2) is 5.59. The number of nitrogens with zero attached hydrogens (tertiary/aromatic N) is 1. The molecule has 0 radical (unpaired) electrons. The number of aryl methyl sites for hydroxylation is 2. The molecule has 0 saturated carbocycles. The van der Waals surface area contributed by atoms with Gasteiger partial charge in [-0.15, -0.1) is 0 Å². The first-order chi connectivity index (χ1) is 9.04. The number of nitrogens with two attached hydrogens (primary N) is 1. The van der Waals surface area contributed by atoms with Gasteiger partial charge in [0.15, 0.2) is 0 Å². The second-order valence-corrected chi connectivity index (χ2v) is 4.95. The first-order valence-corrected chi connectivity index (χ1v) is 6.43. The summed E-state index contributed by atoms with van der Waals surface area (Å²) in [5.41, 5.74) is 10.1. The summed E-state index contributed by atoms with van der Waals surface area (Å²) in [6.45, 7) is 4.04. The molecule has 0 fully saturated rings. The minimum atomic E-state index is -0.399. The lowest BCUT2D eigenvalue weighted by Crippen LogP contribution is -2.16. The normalized spacial score (nSPS) is 12.3. The second-order valence-electron chi connectivity index (χ2n) is 4.55. The van der Waals surface area contributed by atoms with Crippen LogP contribution in [0.5, 0.6) is 5.75 Å². The Morgan fingerprint density at radius 1 is 1.32 bits per heavy atom. The maximum absolute atomic E-state index is 6.32. The molecule has 0 aliphatic heterocycles. The number of halogens is 1. The van der Waals surface area contributed by atoms with E-state index < -0.39 is 6.04 Å². The molecular weight excluding hydrogens is 260 g/mol. The summed E-state index contributed by atoms with van der Waals surface area (Å²) in [5, 5.41) is 0.567. The molecule has 1 heterocycles. The van der Waals surface area contributed by atoms with Crippen molar-refractivity contribution in [1.29, 1.82) is 0 Å². The van der Waals surface area contributed by atoms with E-state index in [1.807, 2.05) is 19.9 Å². The third-order valence-electron chi connectivity index (χ3n) is 3.11. The average molecular weight is 277 g/mol. The summed E-state index contributed by atoms with van der Waals surface area (Å²) in [5.74, 6) is 0.770. The molecular formula is C15H17ClN2O. The van der Waals surface area contributed by atoms with Gasteiger partial charge in [0.2, 0.25) is 0 Å². The lowest BCUT2D eigenvalue weighted by atomic mass is 9.96. The van der Waals surface area contributed by atoms with E-state index in [2.05, 4.69) is 11.1 Å². The summed E-state index contributed by atoms with van der Waals surface area (Å²) in [7, 11) is 1.64. The SMILES string of the molecule is COc1cc(C)cc(C)c1C(N)c1ncccc1Cl. The first-order valence-electron chi connectivity index (χ1n) is 6.05. The van der Waals surface area contributed by atoms with Gasteiger partial charge in [-0.3, -0.25) is 4.98 Å². The topological polar surface area (TPSA) is 48.1 Å². The van der Waals surface area contributed by atoms with Gasteiger partial charge in [0.05, 0.1) is 23.9 Å². The Bertz CT molecular complexity index is 599. The van der Waals surface area contributed by atoms with Gasteiger partial charge < -0.3 is 10.5 Å². The third kappa shape index (κ3) is 2.72. The molecule has 2 aromatic rings. The lowest BCUT2D eigenvalue weighted by molar-refractivity contribution is 0.406. The highest BCUT2D eigenvalue weighted by Crippen LogP contribution is 2.33. The van der Waals surface area contributed by atoms with E-state index in [0.717, 1.165) is 22.4 Å². The number of pyridine rings is 1. The fraction of sp³-hybridized carbons (Fsp3) is 0.267. The predicted molar refractivity (Wildman–Crippen MR) is 77.7 cm³/mol. The smallest absolute Gasteiger partial charge is 0.124 e. The number of rotatable bonds is 3. The van der Waals surface area contributed by atoms with E-state index in [4.69, 9.17) is 22.1 Å². The molecule has 4 heteroatoms. The molecule has 2 N–H and O–H groups in total. The molecule has 0 aliphatic carbocycles. The highest BCUT2D eigenvalue weighted by molar-refractivity contribution is 6.31. The van der Waals surface area contributed by atoms with Gasteiger partial charge >= 0.3 is 0 Å². The van der Waals surface area contributed by atoms with Crippen molar-refractivity contribution in [2.75, 3.05) is 7.11 Å². The summed E-state index contributed by atoms with van der Waals surface area (Å²) in [6.07, 6.45) is 1.69. The molecule has 100 valence electrons. The first kappa shape index (κ1) is 13.8. The van der Waals surface area contributed by atoms with Gasteiger partial charge in [0.1, 0.15) is 5.75 Å². The van der Waals surface area contributed by atoms with Crippen LogP contribution in [0.25, 0.3) is 0 Å². The van der Waals surface area contributed by atoms with Gasteiger partial charge in [-0.05, 0) is 43.2 Å². The third-order valence-corrected chi connectivity index (χ3v) is 3.43. The molecule has 1 aromatic carbocycles. The number of ether oxygens (including phenoxy) is 1. The Morgan fingerprint density at radius 3 is 2.68 bits per heavy atom. The van der Waals surface area contributed by atoms with Crippen molar-refractivity contribution in [3.63, 3.8) is 0 Å². The molecule has 2 rings (SSSR count). The Balaban J connectivity index is 2.56. The van der Waals surface area contributed by atoms with Crippen molar-refractivity contribution >= 4 is 11.6 Å². The Morgan fingerprint density at radius 2 is 2.05 bits per heavy atom. The number of methoxy groups -OCH3 is 1. The summed E-state index contributed by atoms with van der Waals surface area (Å²) < 4.78 is 5.44. The summed E-state index contributed by atoms with van der Waals surface area (Å²) in [4.78, 5) is 4.28. The van der Waals surface area contributed by atoms with Crippen LogP contribution in [0.4, 0.5) is 0 Å². The maximum Gasteiger partial charge on any atom is 0.124 e. The van der Waals surface area contributed by atoms with Crippen molar-refractivity contribution in [3.8, 4) is 5.75 Å². The van der Waals surface area contributed by atoms with E-state index in [1.54, 1.807) is 25.4 Å². The Labute approximate surface area is 118 Å². The van der Waals surface area contributed by atoms with E-state index in [1.165, 1.54) is 0 Å². The number of benzene rings is 1. The molecule has 19 heavy (non-hydrogen) atoms. The number of aromatic nitrogens is 1. The minimum Gasteiger partial charge on any atom is -0.496 e. The van der Waals surface area contributed by atoms with E-state index >= 15 is 0 Å². The van der Waals surface area contributed by atoms with Crippen LogP contribution < -0.4 is 10.5 Å². The molecule has 1 unspecified atom stereocenters. The van der Waals surface area contributed by atoms with Crippen molar-refractivity contribution < 1.29 is 4.74 Å². The molecule has 0 bridgehead atoms. The van der Waals surface area contributed by atoms with Crippen LogP contribution in [-0.2, 0) is 0 Å². The van der Waals surface area contributed by atoms with Gasteiger partial charge in [0.25, 0.3) is 0 Å². The van der Waals surface area contributed by atoms with E-state index in [-0.39, 0.29) is 0 Å². The van der Waals surface area contributed by atoms with E-state index in [0.29, 0.717) is 10.7 Å². The minimum absolute atomic E-state index is 0.399. The fourth-order valence-electron chi connectivity index (χ4n) is 2.27. The van der Waals surface area contributed by atoms with Gasteiger partial charge in [0, 0.05) is 11.8 Å². The van der Waals surface area contributed by atoms with Crippen LogP contribution in [-0.4, -0.2) is 12.1 Å². The Hall–Kier alpha value is -1.58. The number of hydrogen-bond donors (Lipinski definition) is 1. The van der Waals surface area contributed by atoms with Crippen molar-refractivity contribution in [3.05, 3.63) is 57.9 Å². The maximum atomic E-state index is 6.32. The predicted octanol–water partition coefficient (Wildman–Crippen LogP) is 3.41. The van der Waals surface area contributed by atoms with Gasteiger partial charge in [-0.25, -0.2) is 0 Å². The molecule has 1 atom stereocenters. The van der Waals surface area contributed by atoms with Crippen LogP contribution in [0, 0.1) is 13.8 Å².